The van der Waals surface area contributed by atoms with E-state index in [-0.39, 0.29) is 23.1 Å². The lowest BCUT2D eigenvalue weighted by Gasteiger charge is -2.16. The Morgan fingerprint density at radius 1 is 1.43 bits per heavy atom. The van der Waals surface area contributed by atoms with E-state index in [1.54, 1.807) is 36.3 Å². The van der Waals surface area contributed by atoms with E-state index in [2.05, 4.69) is 0 Å². The molecule has 112 valence electrons. The van der Waals surface area contributed by atoms with Gasteiger partial charge in [0.25, 0.3) is 5.91 Å². The van der Waals surface area contributed by atoms with E-state index in [1.807, 2.05) is 16.8 Å². The minimum atomic E-state index is -1.04. The molecule has 1 N–H and O–H groups in total. The van der Waals surface area contributed by atoms with Crippen molar-refractivity contribution in [3.8, 4) is 5.75 Å². The molecule has 0 aliphatic heterocycles. The topological polar surface area (TPSA) is 66.8 Å². The quantitative estimate of drug-likeness (QED) is 0.887. The van der Waals surface area contributed by atoms with Gasteiger partial charge in [-0.1, -0.05) is 0 Å². The number of carboxylic acids is 1. The molecule has 2 aromatic rings. The lowest BCUT2D eigenvalue weighted by molar-refractivity contribution is -0.132. The first kappa shape index (κ1) is 15.5. The van der Waals surface area contributed by atoms with Gasteiger partial charge in [-0.3, -0.25) is 4.79 Å². The summed E-state index contributed by atoms with van der Waals surface area (Å²) in [4.78, 5) is 25.6. The number of amides is 1. The van der Waals surface area contributed by atoms with Crippen molar-refractivity contribution < 1.29 is 19.4 Å². The smallest absolute Gasteiger partial charge is 0.349 e. The largest absolute Gasteiger partial charge is 0.482 e. The summed E-state index contributed by atoms with van der Waals surface area (Å²) in [6.07, 6.45) is 0. The van der Waals surface area contributed by atoms with E-state index < -0.39 is 5.97 Å². The number of carbonyl (C=O) groups is 2. The summed E-state index contributed by atoms with van der Waals surface area (Å²) in [5, 5.41) is 13.0. The summed E-state index contributed by atoms with van der Waals surface area (Å²) >= 11 is 2.72. The van der Waals surface area contributed by atoms with Gasteiger partial charge in [-0.05, 0) is 35.4 Å². The van der Waals surface area contributed by atoms with Crippen LogP contribution in [0.3, 0.4) is 0 Å². The number of likely N-dealkylation sites (N-methyl/N-ethyl adjacent to an activating group) is 1. The summed E-state index contributed by atoms with van der Waals surface area (Å²) in [6, 6.07) is 3.60. The fourth-order valence-corrected chi connectivity index (χ4v) is 3.20. The predicted molar refractivity (Wildman–Crippen MR) is 82.3 cm³/mol. The minimum Gasteiger partial charge on any atom is -0.482 e. The zero-order valence-electron chi connectivity index (χ0n) is 11.7. The second kappa shape index (κ2) is 6.73. The van der Waals surface area contributed by atoms with Crippen LogP contribution in [0.4, 0.5) is 0 Å². The molecule has 5 nitrogen and oxygen atoms in total. The molecule has 1 amide bonds. The zero-order chi connectivity index (χ0) is 15.4. The molecule has 0 unspecified atom stereocenters. The van der Waals surface area contributed by atoms with Gasteiger partial charge in [-0.25, -0.2) is 4.79 Å². The molecule has 0 atom stereocenters. The number of carbonyl (C=O) groups excluding carboxylic acids is 1. The van der Waals surface area contributed by atoms with Gasteiger partial charge in [0.2, 0.25) is 0 Å². The van der Waals surface area contributed by atoms with Gasteiger partial charge in [0.15, 0.2) is 11.5 Å². The molecule has 0 aliphatic rings. The van der Waals surface area contributed by atoms with E-state index in [0.29, 0.717) is 6.54 Å². The Kier molecular flexibility index (Phi) is 4.98. The fourth-order valence-electron chi connectivity index (χ4n) is 1.74. The molecule has 0 aromatic carbocycles. The second-order valence-electron chi connectivity index (χ2n) is 4.53. The number of aryl methyl sites for hydroxylation is 1. The maximum atomic E-state index is 12.0. The molecule has 0 radical (unpaired) electrons. The second-order valence-corrected chi connectivity index (χ2v) is 6.56. The summed E-state index contributed by atoms with van der Waals surface area (Å²) in [6.45, 7) is 2.14. The maximum Gasteiger partial charge on any atom is 0.349 e. The van der Waals surface area contributed by atoms with Gasteiger partial charge in [0.1, 0.15) is 5.75 Å². The van der Waals surface area contributed by atoms with E-state index >= 15 is 0 Å². The SMILES string of the molecule is Cc1cc(OCC(=O)N(C)Cc2ccsc2)c(C(=O)O)s1. The number of nitrogens with zero attached hydrogens (tertiary/aromatic N) is 1. The van der Waals surface area contributed by atoms with Gasteiger partial charge in [0, 0.05) is 18.5 Å². The van der Waals surface area contributed by atoms with Gasteiger partial charge in [0.05, 0.1) is 0 Å². The molecule has 0 saturated carbocycles. The first-order chi connectivity index (χ1) is 9.97. The van der Waals surface area contributed by atoms with Crippen LogP contribution < -0.4 is 4.74 Å². The number of aromatic carboxylic acids is 1. The number of hydrogen-bond acceptors (Lipinski definition) is 5. The van der Waals surface area contributed by atoms with Gasteiger partial charge in [-0.2, -0.15) is 11.3 Å². The van der Waals surface area contributed by atoms with Crippen LogP contribution in [0.1, 0.15) is 20.1 Å². The normalized spacial score (nSPS) is 10.4. The molecule has 21 heavy (non-hydrogen) atoms. The predicted octanol–water partition coefficient (Wildman–Crippen LogP) is 2.85. The lowest BCUT2D eigenvalue weighted by atomic mass is 10.3. The Morgan fingerprint density at radius 3 is 2.81 bits per heavy atom. The summed E-state index contributed by atoms with van der Waals surface area (Å²) in [5.74, 6) is -0.981. The third-order valence-electron chi connectivity index (χ3n) is 2.79. The van der Waals surface area contributed by atoms with Crippen LogP contribution in [0.25, 0.3) is 0 Å². The van der Waals surface area contributed by atoms with Crippen LogP contribution in [0.15, 0.2) is 22.9 Å². The van der Waals surface area contributed by atoms with Crippen molar-refractivity contribution in [3.05, 3.63) is 38.2 Å². The average molecular weight is 325 g/mol. The van der Waals surface area contributed by atoms with Gasteiger partial charge >= 0.3 is 5.97 Å². The highest BCUT2D eigenvalue weighted by atomic mass is 32.1. The van der Waals surface area contributed by atoms with E-state index in [1.165, 1.54) is 0 Å². The molecule has 2 heterocycles. The number of ether oxygens (including phenoxy) is 1. The fraction of sp³-hybridized carbons (Fsp3) is 0.286. The molecule has 0 bridgehead atoms. The third-order valence-corrected chi connectivity index (χ3v) is 4.54. The molecule has 0 saturated heterocycles. The Morgan fingerprint density at radius 2 is 2.19 bits per heavy atom. The van der Waals surface area contributed by atoms with Crippen molar-refractivity contribution >= 4 is 34.6 Å². The maximum absolute atomic E-state index is 12.0. The van der Waals surface area contributed by atoms with Crippen molar-refractivity contribution in [3.63, 3.8) is 0 Å². The van der Waals surface area contributed by atoms with Crippen molar-refractivity contribution in [1.29, 1.82) is 0 Å². The van der Waals surface area contributed by atoms with Crippen molar-refractivity contribution in [2.24, 2.45) is 0 Å². The number of rotatable bonds is 6. The van der Waals surface area contributed by atoms with Crippen molar-refractivity contribution in [1.82, 2.24) is 4.90 Å². The minimum absolute atomic E-state index is 0.126. The van der Waals surface area contributed by atoms with Gasteiger partial charge in [-0.15, -0.1) is 11.3 Å². The van der Waals surface area contributed by atoms with Crippen molar-refractivity contribution in [2.75, 3.05) is 13.7 Å². The van der Waals surface area contributed by atoms with Crippen LogP contribution in [-0.2, 0) is 11.3 Å². The first-order valence-corrected chi connectivity index (χ1v) is 7.95. The van der Waals surface area contributed by atoms with Crippen LogP contribution in [-0.4, -0.2) is 35.5 Å². The first-order valence-electron chi connectivity index (χ1n) is 6.19. The molecule has 7 heteroatoms. The molecule has 0 aliphatic carbocycles. The Labute approximate surface area is 130 Å². The summed E-state index contributed by atoms with van der Waals surface area (Å²) in [7, 11) is 1.69. The van der Waals surface area contributed by atoms with Crippen LogP contribution in [0.2, 0.25) is 0 Å². The monoisotopic (exact) mass is 325 g/mol. The highest BCUT2D eigenvalue weighted by molar-refractivity contribution is 7.14. The standard InChI is InChI=1S/C14H15NO4S2/c1-9-5-11(13(21-9)14(17)18)19-7-12(16)15(2)6-10-3-4-20-8-10/h3-5,8H,6-7H2,1-2H3,(H,17,18). The highest BCUT2D eigenvalue weighted by Crippen LogP contribution is 2.28. The number of carboxylic acid groups (broad SMARTS) is 1. The Balaban J connectivity index is 1.93. The molecule has 2 rings (SSSR count). The van der Waals surface area contributed by atoms with Crippen LogP contribution in [0.5, 0.6) is 5.75 Å². The van der Waals surface area contributed by atoms with Crippen LogP contribution >= 0.6 is 22.7 Å². The van der Waals surface area contributed by atoms with E-state index in [0.717, 1.165) is 21.8 Å². The van der Waals surface area contributed by atoms with E-state index in [9.17, 15) is 9.59 Å². The van der Waals surface area contributed by atoms with E-state index in [4.69, 9.17) is 9.84 Å². The van der Waals surface area contributed by atoms with Gasteiger partial charge < -0.3 is 14.7 Å². The molecular formula is C14H15NO4S2. The highest BCUT2D eigenvalue weighted by Gasteiger charge is 2.17. The molecule has 0 spiro atoms. The molecular weight excluding hydrogens is 310 g/mol. The summed E-state index contributed by atoms with van der Waals surface area (Å²) in [5.41, 5.74) is 1.06. The number of thiophene rings is 2. The molecule has 2 aromatic heterocycles. The van der Waals surface area contributed by atoms with Crippen molar-refractivity contribution in [2.45, 2.75) is 13.5 Å². The number of hydrogen-bond donors (Lipinski definition) is 1. The van der Waals surface area contributed by atoms with Crippen LogP contribution in [0, 0.1) is 6.92 Å². The third kappa shape index (κ3) is 4.05. The average Bonchev–Trinajstić information content (AvgIpc) is 3.05. The summed E-state index contributed by atoms with van der Waals surface area (Å²) < 4.78 is 5.36. The zero-order valence-corrected chi connectivity index (χ0v) is 13.3. The molecule has 0 fully saturated rings. The Bertz CT molecular complexity index is 633. The Hall–Kier alpha value is -1.86. The lowest BCUT2D eigenvalue weighted by Crippen LogP contribution is -2.30.